The lowest BCUT2D eigenvalue weighted by Crippen LogP contribution is -2.58. The van der Waals surface area contributed by atoms with Crippen LogP contribution in [0.5, 0.6) is 0 Å². The first-order chi connectivity index (χ1) is 20.0. The lowest BCUT2D eigenvalue weighted by molar-refractivity contribution is -0.142. The zero-order valence-corrected chi connectivity index (χ0v) is 24.8. The van der Waals surface area contributed by atoms with Gasteiger partial charge in [0.2, 0.25) is 35.4 Å². The molecule has 43 heavy (non-hydrogen) atoms. The SMILES string of the molecule is CCC(C)C(N)C(=O)NC(CCCN=C(N)N)C(=O)NC(C)C(=O)NC(CCC(N)=O)C(=O)NC(CCC(N)=O)C(=O)O. The largest absolute Gasteiger partial charge is 0.480 e. The summed E-state index contributed by atoms with van der Waals surface area (Å²) in [6, 6.07) is -6.17. The Morgan fingerprint density at radius 3 is 1.65 bits per heavy atom. The zero-order chi connectivity index (χ0) is 33.3. The van der Waals surface area contributed by atoms with Crippen LogP contribution in [0.25, 0.3) is 0 Å². The minimum atomic E-state index is -1.50. The molecule has 0 heterocycles. The summed E-state index contributed by atoms with van der Waals surface area (Å²) in [5.41, 5.74) is 26.8. The van der Waals surface area contributed by atoms with Crippen molar-refractivity contribution in [2.24, 2.45) is 39.6 Å². The van der Waals surface area contributed by atoms with Crippen LogP contribution in [-0.4, -0.2) is 89.2 Å². The topological polar surface area (TPSA) is 330 Å². The number of guanidine groups is 1. The van der Waals surface area contributed by atoms with Gasteiger partial charge in [-0.25, -0.2) is 4.79 Å². The second kappa shape index (κ2) is 19.6. The number of nitrogens with one attached hydrogen (secondary N) is 4. The molecule has 18 nitrogen and oxygen atoms in total. The van der Waals surface area contributed by atoms with E-state index < -0.39 is 71.6 Å². The summed E-state index contributed by atoms with van der Waals surface area (Å²) in [5, 5.41) is 19.0. The van der Waals surface area contributed by atoms with Gasteiger partial charge in [0.15, 0.2) is 5.96 Å². The summed E-state index contributed by atoms with van der Waals surface area (Å²) in [6.07, 6.45) is -0.241. The summed E-state index contributed by atoms with van der Waals surface area (Å²) in [4.78, 5) is 89.3. The van der Waals surface area contributed by atoms with E-state index in [9.17, 15) is 38.7 Å². The maximum absolute atomic E-state index is 13.1. The molecule has 6 amide bonds. The van der Waals surface area contributed by atoms with Gasteiger partial charge in [-0.3, -0.25) is 33.8 Å². The van der Waals surface area contributed by atoms with Gasteiger partial charge in [-0.05, 0) is 38.5 Å². The highest BCUT2D eigenvalue weighted by molar-refractivity contribution is 5.95. The van der Waals surface area contributed by atoms with Crippen LogP contribution in [0, 0.1) is 5.92 Å². The van der Waals surface area contributed by atoms with Crippen LogP contribution in [0.15, 0.2) is 4.99 Å². The molecular formula is C25H46N10O8. The van der Waals surface area contributed by atoms with Crippen molar-refractivity contribution in [2.45, 2.75) is 95.9 Å². The Morgan fingerprint density at radius 2 is 1.16 bits per heavy atom. The molecule has 18 heteroatoms. The Bertz CT molecular complexity index is 1030. The first-order valence-corrected chi connectivity index (χ1v) is 13.8. The molecule has 0 bridgehead atoms. The maximum atomic E-state index is 13.1. The summed E-state index contributed by atoms with van der Waals surface area (Å²) in [6.45, 7) is 5.12. The Kier molecular flexibility index (Phi) is 17.6. The van der Waals surface area contributed by atoms with Crippen LogP contribution in [-0.2, 0) is 33.6 Å². The van der Waals surface area contributed by atoms with E-state index in [0.717, 1.165) is 0 Å². The molecule has 0 aromatic heterocycles. The molecule has 0 radical (unpaired) electrons. The molecule has 0 aromatic rings. The fraction of sp³-hybridized carbons (Fsp3) is 0.680. The molecule has 0 fully saturated rings. The number of carbonyl (C=O) groups is 7. The minimum absolute atomic E-state index is 0.0987. The fourth-order valence-corrected chi connectivity index (χ4v) is 3.60. The van der Waals surface area contributed by atoms with Crippen molar-refractivity contribution in [1.29, 1.82) is 0 Å². The molecule has 6 atom stereocenters. The Morgan fingerprint density at radius 1 is 0.698 bits per heavy atom. The maximum Gasteiger partial charge on any atom is 0.326 e. The summed E-state index contributed by atoms with van der Waals surface area (Å²) in [5.74, 6) is -6.45. The predicted octanol–water partition coefficient (Wildman–Crippen LogP) is -4.01. The normalized spacial score (nSPS) is 14.9. The van der Waals surface area contributed by atoms with Gasteiger partial charge in [0, 0.05) is 19.4 Å². The van der Waals surface area contributed by atoms with Gasteiger partial charge in [-0.2, -0.15) is 0 Å². The van der Waals surface area contributed by atoms with Crippen molar-refractivity contribution < 1.29 is 38.7 Å². The van der Waals surface area contributed by atoms with Gasteiger partial charge in [-0.1, -0.05) is 20.3 Å². The number of rotatable bonds is 21. The fourth-order valence-electron chi connectivity index (χ4n) is 3.60. The van der Waals surface area contributed by atoms with E-state index >= 15 is 0 Å². The molecule has 0 aliphatic carbocycles. The molecule has 6 unspecified atom stereocenters. The number of hydrogen-bond donors (Lipinski definition) is 10. The summed E-state index contributed by atoms with van der Waals surface area (Å²) >= 11 is 0. The third-order valence-corrected chi connectivity index (χ3v) is 6.50. The third-order valence-electron chi connectivity index (χ3n) is 6.50. The number of aliphatic imine (C=N–C) groups is 1. The van der Waals surface area contributed by atoms with E-state index in [0.29, 0.717) is 12.8 Å². The van der Waals surface area contributed by atoms with Crippen molar-refractivity contribution in [3.63, 3.8) is 0 Å². The lowest BCUT2D eigenvalue weighted by atomic mass is 9.98. The first-order valence-electron chi connectivity index (χ1n) is 13.8. The second-order valence-electron chi connectivity index (χ2n) is 10.1. The molecule has 15 N–H and O–H groups in total. The van der Waals surface area contributed by atoms with E-state index in [1.807, 2.05) is 6.92 Å². The van der Waals surface area contributed by atoms with Crippen molar-refractivity contribution in [3.05, 3.63) is 0 Å². The Labute approximate surface area is 249 Å². The molecular weight excluding hydrogens is 568 g/mol. The van der Waals surface area contributed by atoms with Crippen LogP contribution < -0.4 is 49.9 Å². The molecule has 0 rings (SSSR count). The van der Waals surface area contributed by atoms with Gasteiger partial charge in [0.05, 0.1) is 6.04 Å². The van der Waals surface area contributed by atoms with Crippen molar-refractivity contribution in [2.75, 3.05) is 6.54 Å². The van der Waals surface area contributed by atoms with Gasteiger partial charge < -0.3 is 55.0 Å². The highest BCUT2D eigenvalue weighted by Gasteiger charge is 2.31. The van der Waals surface area contributed by atoms with Crippen LogP contribution in [0.3, 0.4) is 0 Å². The van der Waals surface area contributed by atoms with Crippen LogP contribution in [0.1, 0.15) is 65.7 Å². The van der Waals surface area contributed by atoms with Gasteiger partial charge >= 0.3 is 5.97 Å². The highest BCUT2D eigenvalue weighted by Crippen LogP contribution is 2.08. The average Bonchev–Trinajstić information content (AvgIpc) is 2.92. The zero-order valence-electron chi connectivity index (χ0n) is 24.8. The number of aliphatic carboxylic acids is 1. The van der Waals surface area contributed by atoms with E-state index in [2.05, 4.69) is 26.3 Å². The molecule has 0 aliphatic heterocycles. The number of primary amides is 2. The standard InChI is InChI=1S/C25H46N10O8/c1-4-12(2)19(28)23(41)34-14(6-5-11-31-25(29)30)21(39)32-13(3)20(38)33-15(7-9-17(26)36)22(40)35-16(24(42)43)8-10-18(27)37/h12-16,19H,4-11,28H2,1-3H3,(H2,26,36)(H2,27,37)(H,32,39)(H,33,38)(H,34,41)(H,35,40)(H,42,43)(H4,29,30,31). The number of carbonyl (C=O) groups excluding carboxylic acids is 6. The molecule has 244 valence electrons. The van der Waals surface area contributed by atoms with E-state index in [1.54, 1.807) is 6.92 Å². The van der Waals surface area contributed by atoms with Gasteiger partial charge in [0.1, 0.15) is 24.2 Å². The van der Waals surface area contributed by atoms with Gasteiger partial charge in [-0.15, -0.1) is 0 Å². The smallest absolute Gasteiger partial charge is 0.326 e. The van der Waals surface area contributed by atoms with Crippen molar-refractivity contribution >= 4 is 47.4 Å². The number of amides is 6. The summed E-state index contributed by atoms with van der Waals surface area (Å²) in [7, 11) is 0. The number of carboxylic acid groups (broad SMARTS) is 1. The predicted molar refractivity (Wildman–Crippen MR) is 155 cm³/mol. The average molecular weight is 615 g/mol. The number of nitrogens with two attached hydrogens (primary N) is 5. The Balaban J connectivity index is 5.64. The number of nitrogens with zero attached hydrogens (tertiary/aromatic N) is 1. The van der Waals surface area contributed by atoms with Crippen molar-refractivity contribution in [1.82, 2.24) is 21.3 Å². The molecule has 0 saturated heterocycles. The third kappa shape index (κ3) is 15.9. The van der Waals surface area contributed by atoms with Crippen LogP contribution in [0.2, 0.25) is 0 Å². The van der Waals surface area contributed by atoms with E-state index in [4.69, 9.17) is 28.7 Å². The molecule has 0 spiro atoms. The molecule has 0 aromatic carbocycles. The first kappa shape index (κ1) is 38.5. The van der Waals surface area contributed by atoms with Crippen LogP contribution in [0.4, 0.5) is 0 Å². The molecule has 0 aliphatic rings. The monoisotopic (exact) mass is 614 g/mol. The second-order valence-corrected chi connectivity index (χ2v) is 10.1. The summed E-state index contributed by atoms with van der Waals surface area (Å²) < 4.78 is 0. The number of carboxylic acids is 1. The van der Waals surface area contributed by atoms with E-state index in [1.165, 1.54) is 6.92 Å². The van der Waals surface area contributed by atoms with Gasteiger partial charge in [0.25, 0.3) is 0 Å². The highest BCUT2D eigenvalue weighted by atomic mass is 16.4. The molecule has 0 saturated carbocycles. The van der Waals surface area contributed by atoms with Crippen LogP contribution >= 0.6 is 0 Å². The Hall–Kier alpha value is -4.48. The lowest BCUT2D eigenvalue weighted by Gasteiger charge is -2.25. The minimum Gasteiger partial charge on any atom is -0.480 e. The van der Waals surface area contributed by atoms with E-state index in [-0.39, 0.29) is 50.5 Å². The quantitative estimate of drug-likeness (QED) is 0.0337. The number of hydrogen-bond acceptors (Lipinski definition) is 9. The van der Waals surface area contributed by atoms with Crippen molar-refractivity contribution in [3.8, 4) is 0 Å².